The molecule has 0 saturated heterocycles. The molecule has 0 unspecified atom stereocenters. The monoisotopic (exact) mass is 284 g/mol. The molecule has 3 rings (SSSR count). The Morgan fingerprint density at radius 3 is 2.67 bits per heavy atom. The first-order chi connectivity index (χ1) is 10.3. The highest BCUT2D eigenvalue weighted by Crippen LogP contribution is 2.32. The van der Waals surface area contributed by atoms with E-state index in [9.17, 15) is 9.59 Å². The van der Waals surface area contributed by atoms with Crippen molar-refractivity contribution in [3.05, 3.63) is 48.0 Å². The summed E-state index contributed by atoms with van der Waals surface area (Å²) in [6.45, 7) is 1.16. The topological polar surface area (TPSA) is 49.4 Å². The lowest BCUT2D eigenvalue weighted by Gasteiger charge is -2.23. The van der Waals surface area contributed by atoms with Gasteiger partial charge < -0.3 is 10.2 Å². The van der Waals surface area contributed by atoms with Crippen molar-refractivity contribution < 1.29 is 9.59 Å². The highest BCUT2D eigenvalue weighted by atomic mass is 16.2. The zero-order chi connectivity index (χ0) is 14.7. The minimum Gasteiger partial charge on any atom is -0.354 e. The fourth-order valence-corrected chi connectivity index (χ4v) is 2.62. The second kappa shape index (κ2) is 6.12. The average Bonchev–Trinajstić information content (AvgIpc) is 3.24. The molecule has 1 atom stereocenters. The van der Waals surface area contributed by atoms with E-state index >= 15 is 0 Å². The smallest absolute Gasteiger partial charge is 0.246 e. The highest BCUT2D eigenvalue weighted by molar-refractivity contribution is 5.91. The Labute approximate surface area is 124 Å². The number of nitrogens with one attached hydrogen (secondary N) is 1. The minimum atomic E-state index is -0.422. The van der Waals surface area contributed by atoms with Crippen molar-refractivity contribution in [1.29, 1.82) is 0 Å². The van der Waals surface area contributed by atoms with Gasteiger partial charge in [-0.25, -0.2) is 0 Å². The van der Waals surface area contributed by atoms with E-state index in [0.717, 1.165) is 19.3 Å². The normalized spacial score (nSPS) is 20.6. The molecule has 1 N–H and O–H groups in total. The summed E-state index contributed by atoms with van der Waals surface area (Å²) in [7, 11) is 0. The summed E-state index contributed by atoms with van der Waals surface area (Å²) in [4.78, 5) is 26.1. The molecule has 0 aromatic heterocycles. The van der Waals surface area contributed by atoms with E-state index < -0.39 is 6.04 Å². The zero-order valence-corrected chi connectivity index (χ0v) is 12.0. The molecule has 21 heavy (non-hydrogen) atoms. The van der Waals surface area contributed by atoms with Crippen LogP contribution in [0.4, 0.5) is 0 Å². The van der Waals surface area contributed by atoms with Crippen LogP contribution in [0.1, 0.15) is 18.4 Å². The molecule has 1 saturated carbocycles. The van der Waals surface area contributed by atoms with E-state index in [2.05, 4.69) is 5.32 Å². The lowest BCUT2D eigenvalue weighted by molar-refractivity contribution is -0.138. The summed E-state index contributed by atoms with van der Waals surface area (Å²) >= 11 is 0. The summed E-state index contributed by atoms with van der Waals surface area (Å²) in [6.07, 6.45) is 6.48. The molecule has 0 radical (unpaired) electrons. The van der Waals surface area contributed by atoms with Crippen LogP contribution in [0.15, 0.2) is 42.5 Å². The third-order valence-electron chi connectivity index (χ3n) is 3.99. The predicted octanol–water partition coefficient (Wildman–Crippen LogP) is 1.52. The van der Waals surface area contributed by atoms with Gasteiger partial charge in [0.15, 0.2) is 0 Å². The van der Waals surface area contributed by atoms with Crippen molar-refractivity contribution in [2.24, 2.45) is 5.92 Å². The van der Waals surface area contributed by atoms with Crippen LogP contribution in [0.2, 0.25) is 0 Å². The number of benzene rings is 1. The molecule has 1 fully saturated rings. The van der Waals surface area contributed by atoms with Crippen LogP contribution in [-0.2, 0) is 16.0 Å². The van der Waals surface area contributed by atoms with Crippen molar-refractivity contribution >= 4 is 11.8 Å². The Kier molecular flexibility index (Phi) is 4.04. The lowest BCUT2D eigenvalue weighted by atomic mass is 10.1. The first kappa shape index (κ1) is 13.9. The van der Waals surface area contributed by atoms with Crippen molar-refractivity contribution in [3.63, 3.8) is 0 Å². The number of nitrogens with zero attached hydrogens (tertiary/aromatic N) is 1. The molecule has 1 aliphatic carbocycles. The average molecular weight is 284 g/mol. The van der Waals surface area contributed by atoms with Crippen LogP contribution in [0.3, 0.4) is 0 Å². The number of carbonyl (C=O) groups excluding carboxylic acids is 2. The summed E-state index contributed by atoms with van der Waals surface area (Å²) in [5, 5.41) is 2.93. The first-order valence-corrected chi connectivity index (χ1v) is 7.54. The molecule has 0 spiro atoms. The van der Waals surface area contributed by atoms with E-state index in [0.29, 0.717) is 13.1 Å². The number of carbonyl (C=O) groups is 2. The molecule has 4 nitrogen and oxygen atoms in total. The van der Waals surface area contributed by atoms with Gasteiger partial charge >= 0.3 is 0 Å². The number of hydrogen-bond acceptors (Lipinski definition) is 2. The van der Waals surface area contributed by atoms with Gasteiger partial charge in [-0.05, 0) is 24.8 Å². The summed E-state index contributed by atoms with van der Waals surface area (Å²) in [5.74, 6) is 0.210. The molecule has 1 aliphatic heterocycles. The molecule has 2 amide bonds. The van der Waals surface area contributed by atoms with Gasteiger partial charge in [-0.2, -0.15) is 0 Å². The molecular formula is C17H20N2O2. The van der Waals surface area contributed by atoms with Gasteiger partial charge in [0.25, 0.3) is 0 Å². The van der Waals surface area contributed by atoms with Crippen LogP contribution in [0.25, 0.3) is 0 Å². The summed E-state index contributed by atoms with van der Waals surface area (Å²) in [6, 6.07) is 9.63. The van der Waals surface area contributed by atoms with Gasteiger partial charge in [-0.3, -0.25) is 9.59 Å². The van der Waals surface area contributed by atoms with E-state index in [4.69, 9.17) is 0 Å². The quantitative estimate of drug-likeness (QED) is 0.834. The standard InChI is InChI=1S/C17H20N2O2/c20-16(18-11-10-13-5-2-1-3-6-13)15-7-4-12-19(15)17(21)14-8-9-14/h1-7,14-15H,8-12H2,(H,18,20)/t15-/m1/s1. The number of amides is 2. The van der Waals surface area contributed by atoms with Crippen LogP contribution in [0, 0.1) is 5.92 Å². The summed E-state index contributed by atoms with van der Waals surface area (Å²) in [5.41, 5.74) is 1.20. The molecule has 2 aliphatic rings. The Balaban J connectivity index is 1.50. The Bertz CT molecular complexity index is 549. The van der Waals surface area contributed by atoms with Crippen molar-refractivity contribution in [3.8, 4) is 0 Å². The molecule has 110 valence electrons. The van der Waals surface area contributed by atoms with Crippen LogP contribution in [-0.4, -0.2) is 35.8 Å². The van der Waals surface area contributed by atoms with E-state index in [-0.39, 0.29) is 17.7 Å². The second-order valence-corrected chi connectivity index (χ2v) is 5.66. The van der Waals surface area contributed by atoms with Crippen LogP contribution >= 0.6 is 0 Å². The first-order valence-electron chi connectivity index (χ1n) is 7.54. The highest BCUT2D eigenvalue weighted by Gasteiger charge is 2.38. The molecular weight excluding hydrogens is 264 g/mol. The summed E-state index contributed by atoms with van der Waals surface area (Å²) < 4.78 is 0. The molecule has 1 aromatic carbocycles. The minimum absolute atomic E-state index is 0.0753. The van der Waals surface area contributed by atoms with Crippen molar-refractivity contribution in [2.75, 3.05) is 13.1 Å². The number of hydrogen-bond donors (Lipinski definition) is 1. The lowest BCUT2D eigenvalue weighted by Crippen LogP contribution is -2.47. The van der Waals surface area contributed by atoms with Gasteiger partial charge in [0.2, 0.25) is 11.8 Å². The van der Waals surface area contributed by atoms with Gasteiger partial charge in [-0.1, -0.05) is 42.5 Å². The van der Waals surface area contributed by atoms with Gasteiger partial charge in [0.05, 0.1) is 0 Å². The third-order valence-corrected chi connectivity index (χ3v) is 3.99. The second-order valence-electron chi connectivity index (χ2n) is 5.66. The fourth-order valence-electron chi connectivity index (χ4n) is 2.62. The van der Waals surface area contributed by atoms with Crippen LogP contribution < -0.4 is 5.32 Å². The maximum absolute atomic E-state index is 12.2. The van der Waals surface area contributed by atoms with E-state index in [1.165, 1.54) is 5.56 Å². The Morgan fingerprint density at radius 1 is 1.19 bits per heavy atom. The Hall–Kier alpha value is -2.10. The maximum Gasteiger partial charge on any atom is 0.246 e. The van der Waals surface area contributed by atoms with Gasteiger partial charge in [-0.15, -0.1) is 0 Å². The van der Waals surface area contributed by atoms with E-state index in [1.807, 2.05) is 42.5 Å². The SMILES string of the molecule is O=C(NCCc1ccccc1)[C@H]1C=CCN1C(=O)C1CC1. The Morgan fingerprint density at radius 2 is 1.95 bits per heavy atom. The predicted molar refractivity (Wildman–Crippen MR) is 80.5 cm³/mol. The largest absolute Gasteiger partial charge is 0.354 e. The van der Waals surface area contributed by atoms with E-state index in [1.54, 1.807) is 4.90 Å². The molecule has 1 heterocycles. The maximum atomic E-state index is 12.2. The molecule has 0 bridgehead atoms. The van der Waals surface area contributed by atoms with Crippen molar-refractivity contribution in [1.82, 2.24) is 10.2 Å². The molecule has 4 heteroatoms. The third kappa shape index (κ3) is 3.32. The van der Waals surface area contributed by atoms with Gasteiger partial charge in [0, 0.05) is 19.0 Å². The number of rotatable bonds is 5. The van der Waals surface area contributed by atoms with Crippen LogP contribution in [0.5, 0.6) is 0 Å². The molecule has 1 aromatic rings. The fraction of sp³-hybridized carbons (Fsp3) is 0.412. The van der Waals surface area contributed by atoms with Crippen molar-refractivity contribution in [2.45, 2.75) is 25.3 Å². The zero-order valence-electron chi connectivity index (χ0n) is 12.0. The van der Waals surface area contributed by atoms with Gasteiger partial charge in [0.1, 0.15) is 6.04 Å².